The van der Waals surface area contributed by atoms with E-state index in [1.165, 1.54) is 33.3 Å². The third-order valence-electron chi connectivity index (χ3n) is 4.83. The van der Waals surface area contributed by atoms with E-state index in [9.17, 15) is 0 Å². The molecular formula is C18H27N3. The van der Waals surface area contributed by atoms with Gasteiger partial charge in [0.2, 0.25) is 0 Å². The molecule has 0 spiro atoms. The van der Waals surface area contributed by atoms with Crippen LogP contribution in [0.25, 0.3) is 10.9 Å². The second-order valence-electron chi connectivity index (χ2n) is 6.48. The number of hydrogen-bond donors (Lipinski definition) is 1. The first-order valence-corrected chi connectivity index (χ1v) is 8.15. The highest BCUT2D eigenvalue weighted by Gasteiger charge is 2.22. The van der Waals surface area contributed by atoms with Crippen LogP contribution in [0.5, 0.6) is 0 Å². The van der Waals surface area contributed by atoms with E-state index in [1.54, 1.807) is 0 Å². The minimum Gasteiger partial charge on any atom is -0.345 e. The molecule has 2 N–H and O–H groups in total. The van der Waals surface area contributed by atoms with Gasteiger partial charge in [0.1, 0.15) is 0 Å². The quantitative estimate of drug-likeness (QED) is 0.929. The van der Waals surface area contributed by atoms with Gasteiger partial charge in [-0.1, -0.05) is 13.8 Å². The van der Waals surface area contributed by atoms with Crippen molar-refractivity contribution in [2.75, 3.05) is 7.05 Å². The number of nitrogens with zero attached hydrogens (tertiary/aromatic N) is 2. The average Bonchev–Trinajstić information content (AvgIpc) is 2.94. The van der Waals surface area contributed by atoms with Gasteiger partial charge in [-0.2, -0.15) is 0 Å². The highest BCUT2D eigenvalue weighted by molar-refractivity contribution is 5.88. The maximum absolute atomic E-state index is 6.42. The molecule has 1 aliphatic heterocycles. The maximum Gasteiger partial charge on any atom is 0.0489 e. The van der Waals surface area contributed by atoms with Gasteiger partial charge in [0.15, 0.2) is 0 Å². The number of rotatable bonds is 4. The Kier molecular flexibility index (Phi) is 3.80. The first-order valence-electron chi connectivity index (χ1n) is 8.15. The SMILES string of the molecule is CCCn1c(C)c(C(N)CC)c2cc3c(cc21)CN(C)C3. The predicted molar refractivity (Wildman–Crippen MR) is 89.4 cm³/mol. The molecule has 0 amide bonds. The summed E-state index contributed by atoms with van der Waals surface area (Å²) in [5.41, 5.74) is 13.5. The lowest BCUT2D eigenvalue weighted by atomic mass is 9.99. The second kappa shape index (κ2) is 5.47. The minimum absolute atomic E-state index is 0.141. The number of aromatic nitrogens is 1. The number of benzene rings is 1. The van der Waals surface area contributed by atoms with Gasteiger partial charge in [-0.05, 0) is 55.6 Å². The number of aryl methyl sites for hydroxylation is 1. The van der Waals surface area contributed by atoms with Crippen LogP contribution in [0.2, 0.25) is 0 Å². The van der Waals surface area contributed by atoms with Gasteiger partial charge in [-0.25, -0.2) is 0 Å². The van der Waals surface area contributed by atoms with E-state index in [2.05, 4.69) is 49.4 Å². The molecule has 1 atom stereocenters. The van der Waals surface area contributed by atoms with Gasteiger partial charge in [0, 0.05) is 42.3 Å². The van der Waals surface area contributed by atoms with E-state index in [1.807, 2.05) is 0 Å². The van der Waals surface area contributed by atoms with Crippen molar-refractivity contribution < 1.29 is 0 Å². The highest BCUT2D eigenvalue weighted by Crippen LogP contribution is 2.35. The molecule has 0 saturated heterocycles. The summed E-state index contributed by atoms with van der Waals surface area (Å²) in [4.78, 5) is 2.37. The summed E-state index contributed by atoms with van der Waals surface area (Å²) < 4.78 is 2.47. The van der Waals surface area contributed by atoms with E-state index >= 15 is 0 Å². The minimum atomic E-state index is 0.141. The summed E-state index contributed by atoms with van der Waals surface area (Å²) in [5.74, 6) is 0. The van der Waals surface area contributed by atoms with Crippen LogP contribution in [0.3, 0.4) is 0 Å². The number of hydrogen-bond acceptors (Lipinski definition) is 2. The van der Waals surface area contributed by atoms with Crippen molar-refractivity contribution in [3.63, 3.8) is 0 Å². The highest BCUT2D eigenvalue weighted by atomic mass is 15.1. The fraction of sp³-hybridized carbons (Fsp3) is 0.556. The standard InChI is InChI=1S/C18H27N3/c1-5-7-21-12(3)18(16(19)6-2)15-8-13-10-20(4)11-14(13)9-17(15)21/h8-9,16H,5-7,10-11,19H2,1-4H3. The Labute approximate surface area is 127 Å². The van der Waals surface area contributed by atoms with Gasteiger partial charge in [-0.15, -0.1) is 0 Å². The average molecular weight is 285 g/mol. The van der Waals surface area contributed by atoms with Crippen molar-refractivity contribution in [3.8, 4) is 0 Å². The number of fused-ring (bicyclic) bond motifs is 2. The summed E-state index contributed by atoms with van der Waals surface area (Å²) >= 11 is 0. The van der Waals surface area contributed by atoms with E-state index in [0.29, 0.717) is 0 Å². The topological polar surface area (TPSA) is 34.2 Å². The maximum atomic E-state index is 6.42. The van der Waals surface area contributed by atoms with Crippen LogP contribution in [0.4, 0.5) is 0 Å². The van der Waals surface area contributed by atoms with Crippen molar-refractivity contribution in [2.45, 2.75) is 59.3 Å². The number of nitrogens with two attached hydrogens (primary N) is 1. The van der Waals surface area contributed by atoms with Gasteiger partial charge in [0.05, 0.1) is 0 Å². The van der Waals surface area contributed by atoms with Gasteiger partial charge < -0.3 is 10.3 Å². The normalized spacial score (nSPS) is 16.6. The van der Waals surface area contributed by atoms with Crippen LogP contribution in [-0.4, -0.2) is 16.5 Å². The van der Waals surface area contributed by atoms with Crippen LogP contribution in [0.15, 0.2) is 12.1 Å². The molecule has 2 heterocycles. The molecule has 0 fully saturated rings. The molecule has 1 unspecified atom stereocenters. The molecule has 0 saturated carbocycles. The Bertz CT molecular complexity index is 669. The molecule has 3 nitrogen and oxygen atoms in total. The Morgan fingerprint density at radius 3 is 2.48 bits per heavy atom. The lowest BCUT2D eigenvalue weighted by Crippen LogP contribution is -2.10. The molecule has 1 aromatic heterocycles. The second-order valence-corrected chi connectivity index (χ2v) is 6.48. The van der Waals surface area contributed by atoms with Crippen LogP contribution in [0.1, 0.15) is 55.1 Å². The fourth-order valence-electron chi connectivity index (χ4n) is 3.75. The summed E-state index contributed by atoms with van der Waals surface area (Å²) in [5, 5.41) is 1.38. The van der Waals surface area contributed by atoms with E-state index < -0.39 is 0 Å². The lowest BCUT2D eigenvalue weighted by Gasteiger charge is -2.11. The Hall–Kier alpha value is -1.32. The first-order chi connectivity index (χ1) is 10.1. The van der Waals surface area contributed by atoms with E-state index in [0.717, 1.165) is 32.5 Å². The van der Waals surface area contributed by atoms with E-state index in [-0.39, 0.29) is 6.04 Å². The molecule has 0 bridgehead atoms. The van der Waals surface area contributed by atoms with Crippen molar-refractivity contribution in [3.05, 3.63) is 34.5 Å². The van der Waals surface area contributed by atoms with Crippen molar-refractivity contribution in [1.29, 1.82) is 0 Å². The molecule has 2 aromatic rings. The van der Waals surface area contributed by atoms with Crippen molar-refractivity contribution in [1.82, 2.24) is 9.47 Å². The summed E-state index contributed by atoms with van der Waals surface area (Å²) in [6.07, 6.45) is 2.14. The van der Waals surface area contributed by atoms with E-state index in [4.69, 9.17) is 5.73 Å². The molecule has 3 rings (SSSR count). The molecule has 114 valence electrons. The zero-order valence-electron chi connectivity index (χ0n) is 13.7. The Balaban J connectivity index is 2.26. The third kappa shape index (κ3) is 2.29. The monoisotopic (exact) mass is 285 g/mol. The first kappa shape index (κ1) is 14.6. The van der Waals surface area contributed by atoms with Crippen LogP contribution >= 0.6 is 0 Å². The summed E-state index contributed by atoms with van der Waals surface area (Å²) in [7, 11) is 2.19. The zero-order chi connectivity index (χ0) is 15.1. The van der Waals surface area contributed by atoms with Gasteiger partial charge in [0.25, 0.3) is 0 Å². The fourth-order valence-corrected chi connectivity index (χ4v) is 3.75. The van der Waals surface area contributed by atoms with Crippen LogP contribution in [-0.2, 0) is 19.6 Å². The predicted octanol–water partition coefficient (Wildman–Crippen LogP) is 3.71. The summed E-state index contributed by atoms with van der Waals surface area (Å²) in [6, 6.07) is 4.95. The Morgan fingerprint density at radius 2 is 1.86 bits per heavy atom. The largest absolute Gasteiger partial charge is 0.345 e. The molecular weight excluding hydrogens is 258 g/mol. The van der Waals surface area contributed by atoms with Crippen molar-refractivity contribution in [2.24, 2.45) is 5.73 Å². The van der Waals surface area contributed by atoms with Gasteiger partial charge >= 0.3 is 0 Å². The Morgan fingerprint density at radius 1 is 1.19 bits per heavy atom. The molecule has 3 heteroatoms. The van der Waals surface area contributed by atoms with Crippen LogP contribution in [0, 0.1) is 6.92 Å². The molecule has 0 radical (unpaired) electrons. The van der Waals surface area contributed by atoms with Crippen molar-refractivity contribution >= 4 is 10.9 Å². The van der Waals surface area contributed by atoms with Crippen LogP contribution < -0.4 is 5.73 Å². The molecule has 1 aromatic carbocycles. The smallest absolute Gasteiger partial charge is 0.0489 e. The third-order valence-corrected chi connectivity index (χ3v) is 4.83. The molecule has 21 heavy (non-hydrogen) atoms. The molecule has 0 aliphatic carbocycles. The zero-order valence-corrected chi connectivity index (χ0v) is 13.7. The molecule has 1 aliphatic rings. The van der Waals surface area contributed by atoms with Gasteiger partial charge in [-0.3, -0.25) is 4.90 Å². The summed E-state index contributed by atoms with van der Waals surface area (Å²) in [6.45, 7) is 9.85. The lowest BCUT2D eigenvalue weighted by molar-refractivity contribution is 0.353.